The number of hydrogen-bond acceptors (Lipinski definition) is 2. The van der Waals surface area contributed by atoms with Crippen molar-refractivity contribution >= 4 is 26.5 Å². The van der Waals surface area contributed by atoms with E-state index in [1.165, 1.54) is 15.0 Å². The Balaban J connectivity index is 1.56. The lowest BCUT2D eigenvalue weighted by Crippen LogP contribution is -2.36. The number of esters is 1. The van der Waals surface area contributed by atoms with Crippen molar-refractivity contribution in [3.63, 3.8) is 0 Å². The molecule has 0 N–H and O–H groups in total. The van der Waals surface area contributed by atoms with Gasteiger partial charge in [0, 0.05) is 27.8 Å². The van der Waals surface area contributed by atoms with Crippen molar-refractivity contribution in [1.29, 1.82) is 0 Å². The van der Waals surface area contributed by atoms with Crippen LogP contribution < -0.4 is 0 Å². The van der Waals surface area contributed by atoms with Crippen LogP contribution in [0.4, 0.5) is 0 Å². The maximum atomic E-state index is 12.7. The first-order valence-corrected chi connectivity index (χ1v) is 10.4. The van der Waals surface area contributed by atoms with Gasteiger partial charge in [0.1, 0.15) is 5.38 Å². The average molecular weight is 373 g/mol. The zero-order valence-corrected chi connectivity index (χ0v) is 16.0. The third kappa shape index (κ3) is 3.29. The zero-order valence-electron chi connectivity index (χ0n) is 15.2. The van der Waals surface area contributed by atoms with Gasteiger partial charge in [0.25, 0.3) is 0 Å². The third-order valence-electron chi connectivity index (χ3n) is 5.20. The Bertz CT molecular complexity index is 1050. The van der Waals surface area contributed by atoms with Crippen LogP contribution in [0.5, 0.6) is 0 Å². The Morgan fingerprint density at radius 2 is 1.96 bits per heavy atom. The number of carbonyl (C=O) groups excluding carboxylic acids is 1. The fraction of sp³-hybridized carbons (Fsp3) is 0.208. The van der Waals surface area contributed by atoms with Crippen LogP contribution in [0.25, 0.3) is 15.0 Å². The normalized spacial score (nSPS) is 18.8. The quantitative estimate of drug-likeness (QED) is 0.239. The second-order valence-electron chi connectivity index (χ2n) is 6.96. The van der Waals surface area contributed by atoms with Crippen molar-refractivity contribution in [3.05, 3.63) is 77.7 Å². The molecule has 1 aliphatic carbocycles. The molecular weight excluding hydrogens is 352 g/mol. The molecule has 3 unspecified atom stereocenters. The molecule has 0 saturated carbocycles. The molecule has 0 fully saturated rings. The molecule has 0 saturated heterocycles. The molecule has 0 spiro atoms. The highest BCUT2D eigenvalue weighted by atomic mass is 32.2. The molecule has 0 amide bonds. The van der Waals surface area contributed by atoms with Crippen molar-refractivity contribution in [1.82, 2.24) is 0 Å². The molecule has 27 heavy (non-hydrogen) atoms. The first kappa shape index (κ1) is 17.6. The molecule has 3 heteroatoms. The van der Waals surface area contributed by atoms with Gasteiger partial charge in [0.15, 0.2) is 15.2 Å². The summed E-state index contributed by atoms with van der Waals surface area (Å²) in [6, 6.07) is 18.3. The first-order chi connectivity index (χ1) is 13.1. The van der Waals surface area contributed by atoms with Crippen LogP contribution in [-0.4, -0.2) is 11.6 Å². The Labute approximate surface area is 162 Å². The highest BCUT2D eigenvalue weighted by Crippen LogP contribution is 2.39. The number of ether oxygens (including phenoxy) is 1. The van der Waals surface area contributed by atoms with Crippen molar-refractivity contribution in [2.24, 2.45) is 5.92 Å². The zero-order chi connectivity index (χ0) is 18.9. The molecule has 134 valence electrons. The van der Waals surface area contributed by atoms with Crippen molar-refractivity contribution in [2.75, 3.05) is 0 Å². The van der Waals surface area contributed by atoms with E-state index in [1.807, 2.05) is 31.2 Å². The van der Waals surface area contributed by atoms with Gasteiger partial charge in [-0.3, -0.25) is 0 Å². The van der Waals surface area contributed by atoms with Crippen LogP contribution >= 0.6 is 10.5 Å². The van der Waals surface area contributed by atoms with Gasteiger partial charge in [-0.05, 0) is 56.2 Å². The minimum Gasteiger partial charge on any atom is -0.442 e. The Kier molecular flexibility index (Phi) is 4.59. The van der Waals surface area contributed by atoms with Crippen molar-refractivity contribution < 1.29 is 9.53 Å². The number of terminal acetylenes is 1. The summed E-state index contributed by atoms with van der Waals surface area (Å²) >= 11 is 0. The maximum absolute atomic E-state index is 12.7. The van der Waals surface area contributed by atoms with Crippen molar-refractivity contribution in [2.45, 2.75) is 25.4 Å². The maximum Gasteiger partial charge on any atom is 0.339 e. The molecule has 2 aromatic carbocycles. The summed E-state index contributed by atoms with van der Waals surface area (Å²) < 4.78 is 7.06. The summed E-state index contributed by atoms with van der Waals surface area (Å²) in [6.45, 7) is 1.82. The van der Waals surface area contributed by atoms with Crippen LogP contribution in [0.2, 0.25) is 0 Å². The molecule has 1 aromatic heterocycles. The van der Waals surface area contributed by atoms with Gasteiger partial charge in [-0.2, -0.15) is 0 Å². The Hall–Kier alpha value is -2.83. The van der Waals surface area contributed by atoms with Crippen LogP contribution in [0.3, 0.4) is 0 Å². The van der Waals surface area contributed by atoms with E-state index in [9.17, 15) is 4.79 Å². The molecule has 3 atom stereocenters. The van der Waals surface area contributed by atoms with Gasteiger partial charge in [-0.15, -0.1) is 6.42 Å². The number of carbonyl (C=O) groups is 1. The monoisotopic (exact) mass is 373 g/mol. The second kappa shape index (κ2) is 7.06. The summed E-state index contributed by atoms with van der Waals surface area (Å²) in [5.74, 6) is 2.39. The van der Waals surface area contributed by atoms with Gasteiger partial charge in [0.2, 0.25) is 0 Å². The summed E-state index contributed by atoms with van der Waals surface area (Å²) in [7, 11) is -0.0838. The molecule has 0 bridgehead atoms. The van der Waals surface area contributed by atoms with E-state index in [2.05, 4.69) is 53.8 Å². The SMILES string of the molecule is C#CC(C)(OC(=O)c1ccc(-[s+]2ccc3ccccc32)cc1)C1C=CCC1. The van der Waals surface area contributed by atoms with E-state index < -0.39 is 5.60 Å². The van der Waals surface area contributed by atoms with Gasteiger partial charge in [-0.1, -0.05) is 30.2 Å². The van der Waals surface area contributed by atoms with Gasteiger partial charge in [-0.25, -0.2) is 4.79 Å². The molecule has 1 aliphatic rings. The molecule has 0 aliphatic heterocycles. The molecule has 0 radical (unpaired) electrons. The lowest BCUT2D eigenvalue weighted by Gasteiger charge is -2.29. The largest absolute Gasteiger partial charge is 0.442 e. The van der Waals surface area contributed by atoms with Crippen molar-refractivity contribution in [3.8, 4) is 17.2 Å². The lowest BCUT2D eigenvalue weighted by molar-refractivity contribution is -0.000691. The summed E-state index contributed by atoms with van der Waals surface area (Å²) in [6.07, 6.45) is 11.7. The highest BCUT2D eigenvalue weighted by Gasteiger charge is 2.36. The number of thiophene rings is 1. The van der Waals surface area contributed by atoms with Crippen LogP contribution in [0, 0.1) is 18.3 Å². The van der Waals surface area contributed by atoms with Gasteiger partial charge in [0.05, 0.1) is 5.56 Å². The average Bonchev–Trinajstić information content (AvgIpc) is 3.38. The summed E-state index contributed by atoms with van der Waals surface area (Å²) in [4.78, 5) is 13.8. The Morgan fingerprint density at radius 3 is 2.67 bits per heavy atom. The second-order valence-corrected chi connectivity index (χ2v) is 8.81. The third-order valence-corrected chi connectivity index (χ3v) is 7.23. The standard InChI is InChI=1S/C24H21O2S/c1-3-24(2,20-9-5-6-10-20)26-23(25)19-12-14-21(15-13-19)27-17-16-18-8-4-7-11-22(18)27/h1,4-5,7-9,11-17,20H,6,10H2,2H3/q+1. The van der Waals surface area contributed by atoms with Crippen LogP contribution in [0.1, 0.15) is 30.1 Å². The van der Waals surface area contributed by atoms with Gasteiger partial charge >= 0.3 is 5.97 Å². The number of fused-ring (bicyclic) bond motifs is 1. The number of hydrogen-bond donors (Lipinski definition) is 0. The lowest BCUT2D eigenvalue weighted by atomic mass is 9.89. The molecule has 1 heterocycles. The smallest absolute Gasteiger partial charge is 0.339 e. The number of benzene rings is 2. The predicted octanol–water partition coefficient (Wildman–Crippen LogP) is 6.09. The topological polar surface area (TPSA) is 26.3 Å². The fourth-order valence-corrected chi connectivity index (χ4v) is 5.42. The van der Waals surface area contributed by atoms with E-state index in [4.69, 9.17) is 11.2 Å². The molecule has 3 aromatic rings. The van der Waals surface area contributed by atoms with E-state index in [-0.39, 0.29) is 22.4 Å². The van der Waals surface area contributed by atoms with Crippen LogP contribution in [-0.2, 0) is 4.74 Å². The fourth-order valence-electron chi connectivity index (χ4n) is 3.53. The summed E-state index contributed by atoms with van der Waals surface area (Å²) in [5.41, 5.74) is -0.375. The van der Waals surface area contributed by atoms with Gasteiger partial charge < -0.3 is 4.74 Å². The minimum absolute atomic E-state index is 0.0762. The molecule has 4 rings (SSSR count). The number of rotatable bonds is 4. The highest BCUT2D eigenvalue weighted by molar-refractivity contribution is 7.43. The molecular formula is C24H21O2S+. The van der Waals surface area contributed by atoms with E-state index in [0.29, 0.717) is 5.56 Å². The van der Waals surface area contributed by atoms with E-state index in [0.717, 1.165) is 12.8 Å². The molecule has 2 nitrogen and oxygen atoms in total. The van der Waals surface area contributed by atoms with Crippen LogP contribution in [0.15, 0.2) is 72.1 Å². The van der Waals surface area contributed by atoms with E-state index >= 15 is 0 Å². The number of allylic oxidation sites excluding steroid dienone is 1. The minimum atomic E-state index is -0.905. The predicted molar refractivity (Wildman–Crippen MR) is 112 cm³/mol. The van der Waals surface area contributed by atoms with E-state index in [1.54, 1.807) is 0 Å². The summed E-state index contributed by atoms with van der Waals surface area (Å²) in [5, 5.41) is 3.48. The first-order valence-electron chi connectivity index (χ1n) is 9.09. The Morgan fingerprint density at radius 1 is 1.19 bits per heavy atom.